The minimum absolute atomic E-state index is 0.0745. The monoisotopic (exact) mass is 519 g/mol. The van der Waals surface area contributed by atoms with E-state index in [1.54, 1.807) is 0 Å². The molecule has 2 aromatic heterocycles. The summed E-state index contributed by atoms with van der Waals surface area (Å²) in [7, 11) is 0. The Kier molecular flexibility index (Phi) is 5.27. The molecule has 186 valence electrons. The van der Waals surface area contributed by atoms with E-state index in [0.717, 1.165) is 49.4 Å². The number of hydrogen-bond donors (Lipinski definition) is 0. The van der Waals surface area contributed by atoms with Crippen LogP contribution in [0.15, 0.2) is 103 Å². The van der Waals surface area contributed by atoms with E-state index in [1.807, 2.05) is 95.4 Å². The molecular formula is C36H17N5. The van der Waals surface area contributed by atoms with Crippen molar-refractivity contribution in [1.82, 2.24) is 4.40 Å². The van der Waals surface area contributed by atoms with E-state index in [4.69, 9.17) is 0 Å². The number of rotatable bonds is 2. The topological polar surface area (TPSA) is 99.6 Å². The van der Waals surface area contributed by atoms with Crippen molar-refractivity contribution < 1.29 is 0 Å². The fourth-order valence-electron chi connectivity index (χ4n) is 5.98. The van der Waals surface area contributed by atoms with E-state index in [-0.39, 0.29) is 22.3 Å². The standard InChI is InChI=1S/C36H17N5/c37-18-29-30(19-38)32(21-40)36-34(31(29)20-39)27-15-24-13-7-8-14-25(24)16-28(27)35-26(22-9-3-1-4-10-22)17-33(41(35)36)23-11-5-2-6-12-23/h1-17H. The molecule has 0 atom stereocenters. The molecule has 7 rings (SSSR count). The molecule has 0 fully saturated rings. The lowest BCUT2D eigenvalue weighted by molar-refractivity contribution is 1.26. The van der Waals surface area contributed by atoms with Crippen molar-refractivity contribution in [3.8, 4) is 46.7 Å². The normalized spacial score (nSPS) is 10.8. The lowest BCUT2D eigenvalue weighted by Gasteiger charge is -2.17. The van der Waals surface area contributed by atoms with Crippen molar-refractivity contribution >= 4 is 38.0 Å². The quantitative estimate of drug-likeness (QED) is 0.170. The van der Waals surface area contributed by atoms with Crippen molar-refractivity contribution in [3.05, 3.63) is 125 Å². The number of hydrogen-bond acceptors (Lipinski definition) is 4. The first-order valence-corrected chi connectivity index (χ1v) is 12.9. The Morgan fingerprint density at radius 2 is 0.976 bits per heavy atom. The Labute approximate surface area is 235 Å². The highest BCUT2D eigenvalue weighted by molar-refractivity contribution is 6.22. The molecule has 0 saturated heterocycles. The first-order valence-electron chi connectivity index (χ1n) is 12.9. The molecule has 0 saturated carbocycles. The largest absolute Gasteiger partial charge is 0.307 e. The molecule has 0 amide bonds. The zero-order valence-electron chi connectivity index (χ0n) is 21.6. The van der Waals surface area contributed by atoms with Gasteiger partial charge in [-0.1, -0.05) is 84.9 Å². The van der Waals surface area contributed by atoms with Gasteiger partial charge in [-0.15, -0.1) is 0 Å². The first-order chi connectivity index (χ1) is 20.2. The van der Waals surface area contributed by atoms with Crippen molar-refractivity contribution in [3.63, 3.8) is 0 Å². The maximum absolute atomic E-state index is 10.5. The van der Waals surface area contributed by atoms with Gasteiger partial charge in [0.2, 0.25) is 0 Å². The van der Waals surface area contributed by atoms with Gasteiger partial charge in [-0.3, -0.25) is 0 Å². The van der Waals surface area contributed by atoms with Gasteiger partial charge in [0.05, 0.1) is 39.0 Å². The zero-order chi connectivity index (χ0) is 28.1. The molecule has 0 spiro atoms. The molecule has 0 unspecified atom stereocenters. The second kappa shape index (κ2) is 9.11. The number of nitriles is 4. The van der Waals surface area contributed by atoms with Crippen LogP contribution in [0.5, 0.6) is 0 Å². The molecule has 7 aromatic rings. The average Bonchev–Trinajstić information content (AvgIpc) is 3.44. The van der Waals surface area contributed by atoms with Crippen molar-refractivity contribution in [1.29, 1.82) is 21.0 Å². The Morgan fingerprint density at radius 1 is 0.463 bits per heavy atom. The van der Waals surface area contributed by atoms with Crippen LogP contribution in [-0.2, 0) is 0 Å². The van der Waals surface area contributed by atoms with E-state index in [1.165, 1.54) is 0 Å². The molecule has 2 heterocycles. The first kappa shape index (κ1) is 23.7. The highest BCUT2D eigenvalue weighted by Gasteiger charge is 2.27. The molecule has 41 heavy (non-hydrogen) atoms. The maximum Gasteiger partial charge on any atom is 0.103 e. The number of fused-ring (bicyclic) bond motifs is 7. The summed E-state index contributed by atoms with van der Waals surface area (Å²) in [5, 5.41) is 45.3. The van der Waals surface area contributed by atoms with Crippen LogP contribution in [0.4, 0.5) is 0 Å². The van der Waals surface area contributed by atoms with Gasteiger partial charge in [0.1, 0.15) is 24.3 Å². The van der Waals surface area contributed by atoms with Crippen LogP contribution >= 0.6 is 0 Å². The molecule has 0 radical (unpaired) electrons. The predicted molar refractivity (Wildman–Crippen MR) is 160 cm³/mol. The van der Waals surface area contributed by atoms with Crippen LogP contribution in [0.3, 0.4) is 0 Å². The van der Waals surface area contributed by atoms with Gasteiger partial charge in [-0.2, -0.15) is 21.0 Å². The molecule has 0 bridgehead atoms. The fourth-order valence-corrected chi connectivity index (χ4v) is 5.98. The number of pyridine rings is 1. The third-order valence-corrected chi connectivity index (χ3v) is 7.71. The van der Waals surface area contributed by atoms with Crippen molar-refractivity contribution in [2.75, 3.05) is 0 Å². The second-order valence-electron chi connectivity index (χ2n) is 9.78. The van der Waals surface area contributed by atoms with Gasteiger partial charge in [-0.25, -0.2) is 0 Å². The van der Waals surface area contributed by atoms with E-state index in [0.29, 0.717) is 10.9 Å². The summed E-state index contributed by atoms with van der Waals surface area (Å²) in [6.45, 7) is 0. The van der Waals surface area contributed by atoms with Gasteiger partial charge >= 0.3 is 0 Å². The summed E-state index contributed by atoms with van der Waals surface area (Å²) in [6.07, 6.45) is 0. The third kappa shape index (κ3) is 3.32. The number of aromatic nitrogens is 1. The minimum Gasteiger partial charge on any atom is -0.307 e. The highest BCUT2D eigenvalue weighted by atomic mass is 14.9. The molecule has 0 aliphatic rings. The average molecular weight is 520 g/mol. The molecule has 0 aliphatic carbocycles. The van der Waals surface area contributed by atoms with Crippen LogP contribution in [-0.4, -0.2) is 4.40 Å². The van der Waals surface area contributed by atoms with E-state index in [9.17, 15) is 21.0 Å². The second-order valence-corrected chi connectivity index (χ2v) is 9.78. The minimum atomic E-state index is -0.0885. The van der Waals surface area contributed by atoms with E-state index in [2.05, 4.69) is 36.4 Å². The summed E-state index contributed by atoms with van der Waals surface area (Å²) in [6, 6.07) is 42.7. The molecular weight excluding hydrogens is 502 g/mol. The molecule has 0 N–H and O–H groups in total. The molecule has 5 nitrogen and oxygen atoms in total. The SMILES string of the molecule is N#Cc1c(C#N)c(C#N)c2c(c1C#N)c1cc3ccccc3cc1c1c(-c3ccccc3)cc(-c3ccccc3)n12. The van der Waals surface area contributed by atoms with Crippen LogP contribution in [0.25, 0.3) is 60.3 Å². The summed E-state index contributed by atoms with van der Waals surface area (Å²) >= 11 is 0. The summed E-state index contributed by atoms with van der Waals surface area (Å²) < 4.78 is 2.01. The Morgan fingerprint density at radius 3 is 1.56 bits per heavy atom. The van der Waals surface area contributed by atoms with Gasteiger partial charge in [0.15, 0.2) is 0 Å². The fraction of sp³-hybridized carbons (Fsp3) is 0. The van der Waals surface area contributed by atoms with Gasteiger partial charge in [-0.05, 0) is 45.5 Å². The summed E-state index contributed by atoms with van der Waals surface area (Å²) in [5.74, 6) is 0. The smallest absolute Gasteiger partial charge is 0.103 e. The highest BCUT2D eigenvalue weighted by Crippen LogP contribution is 2.45. The molecule has 5 aromatic carbocycles. The van der Waals surface area contributed by atoms with E-state index < -0.39 is 0 Å². The van der Waals surface area contributed by atoms with Crippen LogP contribution < -0.4 is 0 Å². The maximum atomic E-state index is 10.5. The van der Waals surface area contributed by atoms with Crippen LogP contribution in [0.1, 0.15) is 22.3 Å². The molecule has 5 heteroatoms. The van der Waals surface area contributed by atoms with Gasteiger partial charge < -0.3 is 4.40 Å². The zero-order valence-corrected chi connectivity index (χ0v) is 21.6. The van der Waals surface area contributed by atoms with E-state index >= 15 is 0 Å². The summed E-state index contributed by atoms with van der Waals surface area (Å²) in [5.41, 5.74) is 4.98. The lowest BCUT2D eigenvalue weighted by atomic mass is 9.89. The number of nitrogens with zero attached hydrogens (tertiary/aromatic N) is 5. The number of benzene rings is 5. The van der Waals surface area contributed by atoms with Crippen LogP contribution in [0, 0.1) is 45.3 Å². The lowest BCUT2D eigenvalue weighted by Crippen LogP contribution is -2.04. The Hall–Kier alpha value is -6.40. The van der Waals surface area contributed by atoms with Crippen molar-refractivity contribution in [2.24, 2.45) is 0 Å². The Bertz CT molecular complexity index is 2390. The third-order valence-electron chi connectivity index (χ3n) is 7.71. The summed E-state index contributed by atoms with van der Waals surface area (Å²) in [4.78, 5) is 0. The van der Waals surface area contributed by atoms with Gasteiger partial charge in [0.25, 0.3) is 0 Å². The van der Waals surface area contributed by atoms with Gasteiger partial charge in [0, 0.05) is 16.3 Å². The molecule has 0 aliphatic heterocycles. The predicted octanol–water partition coefficient (Wildman–Crippen LogP) is 8.22. The Balaban J connectivity index is 1.91. The van der Waals surface area contributed by atoms with Crippen LogP contribution in [0.2, 0.25) is 0 Å². The van der Waals surface area contributed by atoms with Crippen molar-refractivity contribution in [2.45, 2.75) is 0 Å².